The molecule has 0 unspecified atom stereocenters. The van der Waals surface area contributed by atoms with Crippen molar-refractivity contribution in [2.24, 2.45) is 0 Å². The summed E-state index contributed by atoms with van der Waals surface area (Å²) in [4.78, 5) is 21.0. The maximum atomic E-state index is 12.2. The molecular weight excluding hydrogens is 352 g/mol. The molecule has 2 aromatic heterocycles. The molecule has 1 aliphatic rings. The molecule has 0 spiro atoms. The smallest absolute Gasteiger partial charge is 0.272 e. The van der Waals surface area contributed by atoms with Crippen LogP contribution in [0.3, 0.4) is 0 Å². The van der Waals surface area contributed by atoms with E-state index >= 15 is 0 Å². The topological polar surface area (TPSA) is 74.2 Å². The lowest BCUT2D eigenvalue weighted by atomic mass is 10.2. The largest absolute Gasteiger partial charge is 0.368 e. The number of anilines is 2. The molecule has 0 atom stereocenters. The van der Waals surface area contributed by atoms with Gasteiger partial charge in [-0.05, 0) is 36.4 Å². The van der Waals surface area contributed by atoms with Crippen molar-refractivity contribution < 1.29 is 4.79 Å². The Morgan fingerprint density at radius 1 is 0.857 bits per heavy atom. The average Bonchev–Trinajstić information content (AvgIpc) is 2.79. The van der Waals surface area contributed by atoms with Crippen molar-refractivity contribution in [1.29, 1.82) is 0 Å². The van der Waals surface area contributed by atoms with Gasteiger partial charge in [-0.1, -0.05) is 24.3 Å². The van der Waals surface area contributed by atoms with Gasteiger partial charge in [-0.2, -0.15) is 0 Å². The summed E-state index contributed by atoms with van der Waals surface area (Å²) < 4.78 is 0. The lowest BCUT2D eigenvalue weighted by Gasteiger charge is -2.36. The SMILES string of the molecule is O=C(NCc1ccccn1)c1ccc(N2CCN(c3ccccc3)CC2)nn1. The molecule has 7 nitrogen and oxygen atoms in total. The van der Waals surface area contributed by atoms with Crippen molar-refractivity contribution in [3.8, 4) is 0 Å². The number of nitrogens with one attached hydrogen (secondary N) is 1. The molecule has 1 aromatic carbocycles. The number of carbonyl (C=O) groups excluding carboxylic acids is 1. The highest BCUT2D eigenvalue weighted by Crippen LogP contribution is 2.18. The Kier molecular flexibility index (Phi) is 5.42. The van der Waals surface area contributed by atoms with Gasteiger partial charge in [0, 0.05) is 38.1 Å². The van der Waals surface area contributed by atoms with Crippen molar-refractivity contribution >= 4 is 17.4 Å². The van der Waals surface area contributed by atoms with E-state index < -0.39 is 0 Å². The molecule has 1 fully saturated rings. The highest BCUT2D eigenvalue weighted by atomic mass is 16.1. The Balaban J connectivity index is 1.31. The minimum Gasteiger partial charge on any atom is -0.368 e. The normalized spacial score (nSPS) is 14.0. The predicted molar refractivity (Wildman–Crippen MR) is 108 cm³/mol. The van der Waals surface area contributed by atoms with E-state index in [0.29, 0.717) is 12.2 Å². The third-order valence-corrected chi connectivity index (χ3v) is 4.76. The average molecular weight is 374 g/mol. The summed E-state index contributed by atoms with van der Waals surface area (Å²) in [6, 6.07) is 19.6. The maximum absolute atomic E-state index is 12.2. The number of rotatable bonds is 5. The van der Waals surface area contributed by atoms with Gasteiger partial charge in [0.1, 0.15) is 0 Å². The van der Waals surface area contributed by atoms with Gasteiger partial charge in [0.2, 0.25) is 0 Å². The second-order valence-corrected chi connectivity index (χ2v) is 6.59. The van der Waals surface area contributed by atoms with Gasteiger partial charge >= 0.3 is 0 Å². The first-order chi connectivity index (χ1) is 13.8. The number of para-hydroxylation sites is 1. The van der Waals surface area contributed by atoms with E-state index in [2.05, 4.69) is 54.6 Å². The zero-order valence-corrected chi connectivity index (χ0v) is 15.5. The highest BCUT2D eigenvalue weighted by Gasteiger charge is 2.19. The van der Waals surface area contributed by atoms with Gasteiger partial charge in [-0.15, -0.1) is 10.2 Å². The number of pyridine rings is 1. The fraction of sp³-hybridized carbons (Fsp3) is 0.238. The van der Waals surface area contributed by atoms with E-state index in [0.717, 1.165) is 37.7 Å². The van der Waals surface area contributed by atoms with Crippen LogP contribution < -0.4 is 15.1 Å². The molecule has 0 saturated carbocycles. The van der Waals surface area contributed by atoms with E-state index in [4.69, 9.17) is 0 Å². The van der Waals surface area contributed by atoms with Crippen molar-refractivity contribution in [2.75, 3.05) is 36.0 Å². The van der Waals surface area contributed by atoms with Crippen LogP contribution in [0.1, 0.15) is 16.2 Å². The molecule has 0 bridgehead atoms. The monoisotopic (exact) mass is 374 g/mol. The van der Waals surface area contributed by atoms with Gasteiger partial charge in [0.05, 0.1) is 12.2 Å². The number of hydrogen-bond acceptors (Lipinski definition) is 6. The number of amides is 1. The first-order valence-electron chi connectivity index (χ1n) is 9.36. The lowest BCUT2D eigenvalue weighted by Crippen LogP contribution is -2.46. The molecule has 1 saturated heterocycles. The first kappa shape index (κ1) is 17.9. The van der Waals surface area contributed by atoms with Gasteiger partial charge < -0.3 is 15.1 Å². The lowest BCUT2D eigenvalue weighted by molar-refractivity contribution is 0.0944. The minimum atomic E-state index is -0.251. The molecule has 1 N–H and O–H groups in total. The fourth-order valence-electron chi connectivity index (χ4n) is 3.21. The summed E-state index contributed by atoms with van der Waals surface area (Å²) in [6.45, 7) is 3.96. The van der Waals surface area contributed by atoms with Crippen molar-refractivity contribution in [1.82, 2.24) is 20.5 Å². The molecule has 0 aliphatic carbocycles. The summed E-state index contributed by atoms with van der Waals surface area (Å²) >= 11 is 0. The Labute approximate surface area is 164 Å². The van der Waals surface area contributed by atoms with Crippen LogP contribution in [0.15, 0.2) is 66.9 Å². The summed E-state index contributed by atoms with van der Waals surface area (Å²) in [6.07, 6.45) is 1.70. The standard InChI is InChI=1S/C21H22N6O/c28-21(23-16-17-6-4-5-11-22-17)19-9-10-20(25-24-19)27-14-12-26(13-15-27)18-7-2-1-3-8-18/h1-11H,12-16H2,(H,23,28). The van der Waals surface area contributed by atoms with E-state index in [1.165, 1.54) is 5.69 Å². The summed E-state index contributed by atoms with van der Waals surface area (Å²) in [5.41, 5.74) is 2.35. The van der Waals surface area contributed by atoms with E-state index in [-0.39, 0.29) is 5.91 Å². The third-order valence-electron chi connectivity index (χ3n) is 4.76. The highest BCUT2D eigenvalue weighted by molar-refractivity contribution is 5.92. The summed E-state index contributed by atoms with van der Waals surface area (Å²) in [7, 11) is 0. The quantitative estimate of drug-likeness (QED) is 0.737. The number of carbonyl (C=O) groups is 1. The zero-order valence-electron chi connectivity index (χ0n) is 15.5. The molecule has 1 amide bonds. The van der Waals surface area contributed by atoms with E-state index in [9.17, 15) is 4.79 Å². The van der Waals surface area contributed by atoms with Crippen LogP contribution >= 0.6 is 0 Å². The zero-order chi connectivity index (χ0) is 19.2. The maximum Gasteiger partial charge on any atom is 0.272 e. The molecule has 3 heterocycles. The Morgan fingerprint density at radius 2 is 1.61 bits per heavy atom. The van der Waals surface area contributed by atoms with Gasteiger partial charge in [-0.3, -0.25) is 9.78 Å². The van der Waals surface area contributed by atoms with Crippen LogP contribution in [0.4, 0.5) is 11.5 Å². The second-order valence-electron chi connectivity index (χ2n) is 6.59. The Hall–Kier alpha value is -3.48. The molecule has 142 valence electrons. The van der Waals surface area contributed by atoms with Gasteiger partial charge in [-0.25, -0.2) is 0 Å². The molecule has 4 rings (SSSR count). The summed E-state index contributed by atoms with van der Waals surface area (Å²) in [5, 5.41) is 11.2. The minimum absolute atomic E-state index is 0.251. The third kappa shape index (κ3) is 4.25. The van der Waals surface area contributed by atoms with Crippen molar-refractivity contribution in [2.45, 2.75) is 6.54 Å². The number of hydrogen-bond donors (Lipinski definition) is 1. The summed E-state index contributed by atoms with van der Waals surface area (Å²) in [5.74, 6) is 0.549. The molecule has 7 heteroatoms. The fourth-order valence-corrected chi connectivity index (χ4v) is 3.21. The first-order valence-corrected chi connectivity index (χ1v) is 9.36. The van der Waals surface area contributed by atoms with Crippen LogP contribution in [0.5, 0.6) is 0 Å². The second kappa shape index (κ2) is 8.47. The number of nitrogens with zero attached hydrogens (tertiary/aromatic N) is 5. The molecule has 3 aromatic rings. The molecule has 1 aliphatic heterocycles. The Bertz CT molecular complexity index is 893. The van der Waals surface area contributed by atoms with Crippen molar-refractivity contribution in [3.05, 3.63) is 78.2 Å². The van der Waals surface area contributed by atoms with Crippen LogP contribution in [0.25, 0.3) is 0 Å². The van der Waals surface area contributed by atoms with E-state index in [1.54, 1.807) is 12.3 Å². The van der Waals surface area contributed by atoms with E-state index in [1.807, 2.05) is 30.3 Å². The van der Waals surface area contributed by atoms with Crippen molar-refractivity contribution in [3.63, 3.8) is 0 Å². The molecule has 0 radical (unpaired) electrons. The molecular formula is C21H22N6O. The van der Waals surface area contributed by atoms with Crippen LogP contribution in [0.2, 0.25) is 0 Å². The Morgan fingerprint density at radius 3 is 2.29 bits per heavy atom. The number of piperazine rings is 1. The predicted octanol–water partition coefficient (Wildman–Crippen LogP) is 2.13. The van der Waals surface area contributed by atoms with Crippen LogP contribution in [0, 0.1) is 0 Å². The van der Waals surface area contributed by atoms with Crippen LogP contribution in [-0.4, -0.2) is 47.3 Å². The number of aromatic nitrogens is 3. The molecule has 28 heavy (non-hydrogen) atoms. The van der Waals surface area contributed by atoms with Crippen LogP contribution in [-0.2, 0) is 6.54 Å². The van der Waals surface area contributed by atoms with Gasteiger partial charge in [0.25, 0.3) is 5.91 Å². The number of benzene rings is 1. The van der Waals surface area contributed by atoms with Gasteiger partial charge in [0.15, 0.2) is 11.5 Å².